The Labute approximate surface area is 198 Å². The van der Waals surface area contributed by atoms with Crippen LogP contribution in [-0.2, 0) is 0 Å². The molecule has 0 unspecified atom stereocenters. The minimum atomic E-state index is 0. The van der Waals surface area contributed by atoms with Crippen LogP contribution in [-0.4, -0.2) is 110 Å². The summed E-state index contributed by atoms with van der Waals surface area (Å²) in [5.74, 6) is 0. The van der Waals surface area contributed by atoms with Gasteiger partial charge in [-0.2, -0.15) is 0 Å². The monoisotopic (exact) mass is 528 g/mol. The fourth-order valence-corrected chi connectivity index (χ4v) is 4.83. The smallest absolute Gasteiger partial charge is 0.0915 e. The van der Waals surface area contributed by atoms with E-state index in [0.717, 1.165) is 0 Å². The van der Waals surface area contributed by atoms with Crippen LogP contribution in [0.15, 0.2) is 0 Å². The SMILES string of the molecule is CCC[N+](CC)(CC)CCN1CCN(CC[N+](CC)(CC)CCC)CC1.[Br-].[Br-]. The van der Waals surface area contributed by atoms with Crippen molar-refractivity contribution in [1.82, 2.24) is 9.80 Å². The number of hydrogen-bond acceptors (Lipinski definition) is 2. The van der Waals surface area contributed by atoms with Crippen LogP contribution in [0.4, 0.5) is 0 Å². The zero-order chi connectivity index (χ0) is 19.5. The lowest BCUT2D eigenvalue weighted by atomic mass is 10.2. The highest BCUT2D eigenvalue weighted by atomic mass is 79.9. The first kappa shape index (κ1) is 31.0. The van der Waals surface area contributed by atoms with Crippen molar-refractivity contribution in [3.63, 3.8) is 0 Å². The maximum Gasteiger partial charge on any atom is 0.0915 e. The second kappa shape index (κ2) is 16.5. The van der Waals surface area contributed by atoms with E-state index in [9.17, 15) is 0 Å². The summed E-state index contributed by atoms with van der Waals surface area (Å²) in [5.41, 5.74) is 0. The van der Waals surface area contributed by atoms with Crippen molar-refractivity contribution < 1.29 is 42.9 Å². The molecule has 1 heterocycles. The average Bonchev–Trinajstić information content (AvgIpc) is 2.69. The molecule has 0 bridgehead atoms. The number of rotatable bonds is 14. The van der Waals surface area contributed by atoms with E-state index in [2.05, 4.69) is 51.3 Å². The van der Waals surface area contributed by atoms with Crippen molar-refractivity contribution in [2.24, 2.45) is 0 Å². The van der Waals surface area contributed by atoms with Gasteiger partial charge in [0.05, 0.1) is 52.4 Å². The third-order valence-corrected chi connectivity index (χ3v) is 7.33. The highest BCUT2D eigenvalue weighted by Gasteiger charge is 2.27. The van der Waals surface area contributed by atoms with E-state index in [1.54, 1.807) is 0 Å². The first-order valence-corrected chi connectivity index (χ1v) is 11.7. The van der Waals surface area contributed by atoms with Crippen LogP contribution >= 0.6 is 0 Å². The fourth-order valence-electron chi connectivity index (χ4n) is 4.83. The summed E-state index contributed by atoms with van der Waals surface area (Å²) in [5, 5.41) is 0. The molecule has 0 N–H and O–H groups in total. The number of halogens is 2. The van der Waals surface area contributed by atoms with E-state index in [1.165, 1.54) is 113 Å². The van der Waals surface area contributed by atoms with Gasteiger partial charge in [-0.25, -0.2) is 0 Å². The third kappa shape index (κ3) is 9.74. The first-order valence-electron chi connectivity index (χ1n) is 11.7. The molecule has 4 nitrogen and oxygen atoms in total. The Morgan fingerprint density at radius 1 is 0.500 bits per heavy atom. The summed E-state index contributed by atoms with van der Waals surface area (Å²) < 4.78 is 2.61. The number of nitrogens with zero attached hydrogens (tertiary/aromatic N) is 4. The van der Waals surface area contributed by atoms with Crippen LogP contribution in [0.3, 0.4) is 0 Å². The number of likely N-dealkylation sites (N-methyl/N-ethyl adjacent to an activating group) is 2. The van der Waals surface area contributed by atoms with Gasteiger partial charge in [0.25, 0.3) is 0 Å². The molecule has 1 aliphatic rings. The Kier molecular flexibility index (Phi) is 18.2. The van der Waals surface area contributed by atoms with Gasteiger partial charge < -0.3 is 42.9 Å². The summed E-state index contributed by atoms with van der Waals surface area (Å²) in [6.45, 7) is 32.3. The molecule has 0 aromatic rings. The van der Waals surface area contributed by atoms with E-state index in [0.29, 0.717) is 0 Å². The number of piperazine rings is 1. The lowest BCUT2D eigenvalue weighted by Crippen LogP contribution is -3.00. The van der Waals surface area contributed by atoms with E-state index >= 15 is 0 Å². The van der Waals surface area contributed by atoms with Gasteiger partial charge in [0.2, 0.25) is 0 Å². The molecule has 0 spiro atoms. The molecular formula is C22H50Br2N4. The second-order valence-corrected chi connectivity index (χ2v) is 8.53. The van der Waals surface area contributed by atoms with Gasteiger partial charge in [-0.1, -0.05) is 13.8 Å². The molecule has 1 aliphatic heterocycles. The van der Waals surface area contributed by atoms with Gasteiger partial charge in [-0.15, -0.1) is 0 Å². The predicted molar refractivity (Wildman–Crippen MR) is 116 cm³/mol. The molecule has 0 saturated carbocycles. The molecule has 0 aromatic carbocycles. The van der Waals surface area contributed by atoms with Gasteiger partial charge in [0.15, 0.2) is 0 Å². The Balaban J connectivity index is 0. The molecule has 0 aromatic heterocycles. The van der Waals surface area contributed by atoms with Crippen molar-refractivity contribution in [3.8, 4) is 0 Å². The summed E-state index contributed by atoms with van der Waals surface area (Å²) >= 11 is 0. The van der Waals surface area contributed by atoms with E-state index in [1.807, 2.05) is 0 Å². The Hall–Kier alpha value is 0.800. The topological polar surface area (TPSA) is 6.48 Å². The summed E-state index contributed by atoms with van der Waals surface area (Å²) in [6.07, 6.45) is 2.62. The molecule has 1 rings (SSSR count). The van der Waals surface area contributed by atoms with Crippen LogP contribution in [0.2, 0.25) is 0 Å². The molecule has 1 fully saturated rings. The standard InChI is InChI=1S/C22H50N4.2BrH/c1-7-19-25(9-3,10-4)21-17-23-13-15-24(16-14-23)18-22-26(11-5,12-6)20-8-2;;/h7-22H2,1-6H3;2*1H/q+2;;/p-2. The fraction of sp³-hybridized carbons (Fsp3) is 1.00. The lowest BCUT2D eigenvalue weighted by Gasteiger charge is -2.42. The van der Waals surface area contributed by atoms with Gasteiger partial charge in [0, 0.05) is 39.3 Å². The molecule has 6 heteroatoms. The Morgan fingerprint density at radius 3 is 1.00 bits per heavy atom. The largest absolute Gasteiger partial charge is 1.00 e. The van der Waals surface area contributed by atoms with Crippen molar-refractivity contribution in [2.75, 3.05) is 91.6 Å². The van der Waals surface area contributed by atoms with Crippen LogP contribution in [0.1, 0.15) is 54.4 Å². The number of hydrogen-bond donors (Lipinski definition) is 0. The minimum absolute atomic E-state index is 0. The summed E-state index contributed by atoms with van der Waals surface area (Å²) in [4.78, 5) is 5.44. The molecule has 0 radical (unpaired) electrons. The van der Waals surface area contributed by atoms with Gasteiger partial charge in [0.1, 0.15) is 0 Å². The van der Waals surface area contributed by atoms with E-state index in [-0.39, 0.29) is 34.0 Å². The highest BCUT2D eigenvalue weighted by molar-refractivity contribution is 4.72. The van der Waals surface area contributed by atoms with Crippen LogP contribution in [0.5, 0.6) is 0 Å². The molecule has 0 atom stereocenters. The van der Waals surface area contributed by atoms with Crippen LogP contribution in [0, 0.1) is 0 Å². The number of quaternary nitrogens is 2. The van der Waals surface area contributed by atoms with Crippen LogP contribution < -0.4 is 34.0 Å². The Morgan fingerprint density at radius 2 is 0.786 bits per heavy atom. The summed E-state index contributed by atoms with van der Waals surface area (Å²) in [7, 11) is 0. The van der Waals surface area contributed by atoms with Gasteiger partial charge >= 0.3 is 0 Å². The van der Waals surface area contributed by atoms with Crippen molar-refractivity contribution >= 4 is 0 Å². The zero-order valence-electron chi connectivity index (χ0n) is 19.9. The first-order chi connectivity index (χ1) is 12.5. The average molecular weight is 530 g/mol. The molecule has 28 heavy (non-hydrogen) atoms. The van der Waals surface area contributed by atoms with E-state index < -0.39 is 0 Å². The quantitative estimate of drug-likeness (QED) is 0.223. The Bertz CT molecular complexity index is 318. The predicted octanol–water partition coefficient (Wildman–Crippen LogP) is -2.85. The second-order valence-electron chi connectivity index (χ2n) is 8.53. The minimum Gasteiger partial charge on any atom is -1.00 e. The lowest BCUT2D eigenvalue weighted by molar-refractivity contribution is -0.924. The molecule has 1 saturated heterocycles. The summed E-state index contributed by atoms with van der Waals surface area (Å²) in [6, 6.07) is 0. The zero-order valence-corrected chi connectivity index (χ0v) is 23.0. The van der Waals surface area contributed by atoms with Crippen molar-refractivity contribution in [1.29, 1.82) is 0 Å². The molecule has 0 amide bonds. The van der Waals surface area contributed by atoms with Crippen molar-refractivity contribution in [3.05, 3.63) is 0 Å². The van der Waals surface area contributed by atoms with Crippen LogP contribution in [0.25, 0.3) is 0 Å². The maximum atomic E-state index is 2.72. The van der Waals surface area contributed by atoms with Gasteiger partial charge in [-0.05, 0) is 40.5 Å². The normalized spacial score (nSPS) is 16.5. The van der Waals surface area contributed by atoms with Gasteiger partial charge in [-0.3, -0.25) is 9.80 Å². The highest BCUT2D eigenvalue weighted by Crippen LogP contribution is 2.12. The maximum absolute atomic E-state index is 2.72. The van der Waals surface area contributed by atoms with E-state index in [4.69, 9.17) is 0 Å². The molecular weight excluding hydrogens is 480 g/mol. The third-order valence-electron chi connectivity index (χ3n) is 7.33. The molecule has 0 aliphatic carbocycles. The van der Waals surface area contributed by atoms with Crippen molar-refractivity contribution in [2.45, 2.75) is 54.4 Å². The molecule has 172 valence electrons.